The van der Waals surface area contributed by atoms with Crippen LogP contribution in [0.15, 0.2) is 35.4 Å². The van der Waals surface area contributed by atoms with Crippen LogP contribution in [0.4, 0.5) is 5.69 Å². The number of fused-ring (bicyclic) bond motifs is 1. The van der Waals surface area contributed by atoms with Crippen molar-refractivity contribution in [2.24, 2.45) is 7.05 Å². The lowest BCUT2D eigenvalue weighted by Crippen LogP contribution is -2.18. The fourth-order valence-electron chi connectivity index (χ4n) is 2.34. The van der Waals surface area contributed by atoms with Gasteiger partial charge in [-0.25, -0.2) is 18.1 Å². The zero-order chi connectivity index (χ0) is 17.5. The predicted octanol–water partition coefficient (Wildman–Crippen LogP) is 2.10. The minimum Gasteiger partial charge on any atom is -0.345 e. The lowest BCUT2D eigenvalue weighted by Gasteiger charge is -2.05. The Morgan fingerprint density at radius 1 is 1.29 bits per heavy atom. The van der Waals surface area contributed by atoms with Crippen molar-refractivity contribution in [3.8, 4) is 0 Å². The number of thiazole rings is 1. The summed E-state index contributed by atoms with van der Waals surface area (Å²) < 4.78 is 28.4. The summed E-state index contributed by atoms with van der Waals surface area (Å²) in [5, 5.41) is 3.74. The zero-order valence-electron chi connectivity index (χ0n) is 13.3. The molecular formula is C15H16N4O3S2. The fraction of sp³-hybridized carbons (Fsp3) is 0.200. The highest BCUT2D eigenvalue weighted by molar-refractivity contribution is 7.89. The molecule has 2 N–H and O–H groups in total. The molecule has 0 atom stereocenters. The number of nitrogens with zero attached hydrogens (tertiary/aromatic N) is 2. The van der Waals surface area contributed by atoms with Gasteiger partial charge in [-0.05, 0) is 38.2 Å². The van der Waals surface area contributed by atoms with E-state index in [9.17, 15) is 13.2 Å². The van der Waals surface area contributed by atoms with Crippen LogP contribution in [-0.2, 0) is 17.1 Å². The number of aromatic nitrogens is 2. The summed E-state index contributed by atoms with van der Waals surface area (Å²) >= 11 is 1.55. The van der Waals surface area contributed by atoms with Crippen molar-refractivity contribution in [2.45, 2.75) is 11.8 Å². The van der Waals surface area contributed by atoms with Crippen molar-refractivity contribution < 1.29 is 13.2 Å². The molecule has 0 aliphatic rings. The molecule has 0 aliphatic heterocycles. The van der Waals surface area contributed by atoms with Crippen LogP contribution in [0, 0.1) is 6.92 Å². The van der Waals surface area contributed by atoms with Crippen LogP contribution in [0.3, 0.4) is 0 Å². The molecule has 0 bridgehead atoms. The molecule has 0 saturated carbocycles. The van der Waals surface area contributed by atoms with Gasteiger partial charge in [0.05, 0.1) is 15.2 Å². The van der Waals surface area contributed by atoms with Crippen molar-refractivity contribution >= 4 is 43.2 Å². The minimum absolute atomic E-state index is 0.0474. The number of rotatable bonds is 4. The van der Waals surface area contributed by atoms with E-state index in [0.717, 1.165) is 15.2 Å². The number of nitrogens with one attached hydrogen (secondary N) is 2. The largest absolute Gasteiger partial charge is 0.345 e. The van der Waals surface area contributed by atoms with Gasteiger partial charge in [0.25, 0.3) is 5.91 Å². The van der Waals surface area contributed by atoms with Crippen molar-refractivity contribution in [3.05, 3.63) is 41.2 Å². The lowest BCUT2D eigenvalue weighted by atomic mass is 10.3. The third kappa shape index (κ3) is 3.05. The molecule has 9 heteroatoms. The normalized spacial score (nSPS) is 11.8. The number of hydrogen-bond acceptors (Lipinski definition) is 5. The number of aryl methyl sites for hydroxylation is 2. The minimum atomic E-state index is -3.59. The van der Waals surface area contributed by atoms with Gasteiger partial charge >= 0.3 is 0 Å². The molecule has 24 heavy (non-hydrogen) atoms. The molecule has 3 aromatic rings. The van der Waals surface area contributed by atoms with E-state index < -0.39 is 10.0 Å². The van der Waals surface area contributed by atoms with Crippen LogP contribution in [0.5, 0.6) is 0 Å². The Hall–Kier alpha value is -2.23. The molecule has 1 amide bonds. The van der Waals surface area contributed by atoms with Gasteiger partial charge in [-0.2, -0.15) is 0 Å². The van der Waals surface area contributed by atoms with Crippen LogP contribution >= 0.6 is 11.3 Å². The van der Waals surface area contributed by atoms with Gasteiger partial charge in [0.1, 0.15) is 10.6 Å². The second-order valence-electron chi connectivity index (χ2n) is 5.25. The highest BCUT2D eigenvalue weighted by Gasteiger charge is 2.19. The number of hydrogen-bond donors (Lipinski definition) is 2. The van der Waals surface area contributed by atoms with E-state index in [1.807, 2.05) is 19.1 Å². The van der Waals surface area contributed by atoms with E-state index in [0.29, 0.717) is 5.69 Å². The van der Waals surface area contributed by atoms with Crippen molar-refractivity contribution in [3.63, 3.8) is 0 Å². The molecule has 2 heterocycles. The summed E-state index contributed by atoms with van der Waals surface area (Å²) in [5.74, 6) is -0.379. The first-order valence-electron chi connectivity index (χ1n) is 7.08. The molecule has 3 rings (SSSR count). The average molecular weight is 364 g/mol. The third-order valence-electron chi connectivity index (χ3n) is 3.54. The van der Waals surface area contributed by atoms with Crippen LogP contribution in [0.25, 0.3) is 10.2 Å². The van der Waals surface area contributed by atoms with Gasteiger partial charge in [-0.3, -0.25) is 4.79 Å². The quantitative estimate of drug-likeness (QED) is 0.741. The van der Waals surface area contributed by atoms with Crippen molar-refractivity contribution in [1.29, 1.82) is 0 Å². The Bertz CT molecular complexity index is 1030. The zero-order valence-corrected chi connectivity index (χ0v) is 15.0. The van der Waals surface area contributed by atoms with Gasteiger partial charge in [0, 0.05) is 18.9 Å². The second kappa shape index (κ2) is 6.00. The Balaban J connectivity index is 1.88. The van der Waals surface area contributed by atoms with E-state index >= 15 is 0 Å². The Labute approximate surface area is 143 Å². The number of anilines is 1. The van der Waals surface area contributed by atoms with E-state index in [2.05, 4.69) is 15.0 Å². The van der Waals surface area contributed by atoms with Gasteiger partial charge in [0.2, 0.25) is 10.0 Å². The molecule has 0 unspecified atom stereocenters. The van der Waals surface area contributed by atoms with Crippen LogP contribution in [-0.4, -0.2) is 30.9 Å². The molecule has 0 radical (unpaired) electrons. The third-order valence-corrected chi connectivity index (χ3v) is 5.86. The molecule has 0 aliphatic carbocycles. The molecule has 0 fully saturated rings. The number of carbonyl (C=O) groups is 1. The molecular weight excluding hydrogens is 348 g/mol. The van der Waals surface area contributed by atoms with Crippen LogP contribution in [0.1, 0.15) is 15.5 Å². The first-order chi connectivity index (χ1) is 11.3. The van der Waals surface area contributed by atoms with Gasteiger partial charge in [-0.15, -0.1) is 11.3 Å². The fourth-order valence-corrected chi connectivity index (χ4v) is 4.00. The molecule has 0 saturated heterocycles. The molecule has 1 aromatic carbocycles. The molecule has 0 spiro atoms. The highest BCUT2D eigenvalue weighted by atomic mass is 32.2. The first-order valence-corrected chi connectivity index (χ1v) is 9.38. The summed E-state index contributed by atoms with van der Waals surface area (Å²) in [5.41, 5.74) is 1.77. The summed E-state index contributed by atoms with van der Waals surface area (Å²) in [7, 11) is -0.638. The standard InChI is InChI=1S/C15H16N4O3S2/c1-9-17-12-5-4-10(6-14(12)23-9)18-15(20)13-7-11(8-19(13)3)24(21,22)16-2/h4-8,16H,1-3H3,(H,18,20). The monoisotopic (exact) mass is 364 g/mol. The van der Waals surface area contributed by atoms with E-state index in [1.165, 1.54) is 23.9 Å². The Morgan fingerprint density at radius 3 is 2.75 bits per heavy atom. The topological polar surface area (TPSA) is 93.1 Å². The summed E-state index contributed by atoms with van der Waals surface area (Å²) in [6.07, 6.45) is 1.40. The van der Waals surface area contributed by atoms with Crippen molar-refractivity contribution in [1.82, 2.24) is 14.3 Å². The number of sulfonamides is 1. The summed E-state index contributed by atoms with van der Waals surface area (Å²) in [6, 6.07) is 6.81. The predicted molar refractivity (Wildman–Crippen MR) is 94.0 cm³/mol. The number of carbonyl (C=O) groups excluding carboxylic acids is 1. The smallest absolute Gasteiger partial charge is 0.272 e. The maximum Gasteiger partial charge on any atom is 0.272 e. The maximum absolute atomic E-state index is 12.4. The first kappa shape index (κ1) is 16.6. The number of amides is 1. The summed E-state index contributed by atoms with van der Waals surface area (Å²) in [6.45, 7) is 1.93. The molecule has 126 valence electrons. The van der Waals surface area contributed by atoms with E-state index in [4.69, 9.17) is 0 Å². The van der Waals surface area contributed by atoms with Gasteiger partial charge in [0.15, 0.2) is 0 Å². The Kier molecular flexibility index (Phi) is 4.16. The van der Waals surface area contributed by atoms with Crippen LogP contribution < -0.4 is 10.0 Å². The van der Waals surface area contributed by atoms with Gasteiger partial charge in [-0.1, -0.05) is 0 Å². The van der Waals surface area contributed by atoms with Gasteiger partial charge < -0.3 is 9.88 Å². The highest BCUT2D eigenvalue weighted by Crippen LogP contribution is 2.25. The second-order valence-corrected chi connectivity index (χ2v) is 8.37. The molecule has 2 aromatic heterocycles. The van der Waals surface area contributed by atoms with E-state index in [1.54, 1.807) is 24.5 Å². The van der Waals surface area contributed by atoms with Crippen molar-refractivity contribution in [2.75, 3.05) is 12.4 Å². The SMILES string of the molecule is CNS(=O)(=O)c1cc(C(=O)Nc2ccc3nc(C)sc3c2)n(C)c1. The molecule has 7 nitrogen and oxygen atoms in total. The summed E-state index contributed by atoms with van der Waals surface area (Å²) in [4.78, 5) is 16.9. The number of benzene rings is 1. The maximum atomic E-state index is 12.4. The van der Waals surface area contributed by atoms with E-state index in [-0.39, 0.29) is 16.5 Å². The van der Waals surface area contributed by atoms with Crippen LogP contribution in [0.2, 0.25) is 0 Å². The average Bonchev–Trinajstić information content (AvgIpc) is 3.09. The lowest BCUT2D eigenvalue weighted by molar-refractivity contribution is 0.101. The Morgan fingerprint density at radius 2 is 2.04 bits per heavy atom.